The normalized spacial score (nSPS) is 24.0. The molecule has 0 radical (unpaired) electrons. The molecule has 3 heterocycles. The van der Waals surface area contributed by atoms with Crippen LogP contribution in [-0.2, 0) is 20.7 Å². The summed E-state index contributed by atoms with van der Waals surface area (Å²) in [4.78, 5) is 32.7. The Bertz CT molecular complexity index is 1470. The summed E-state index contributed by atoms with van der Waals surface area (Å²) in [5, 5.41) is 1.24. The molecule has 1 saturated heterocycles. The topological polar surface area (TPSA) is 109 Å². The Labute approximate surface area is 258 Å². The third kappa shape index (κ3) is 5.67. The number of nitrogens with one attached hydrogen (secondary N) is 1. The van der Waals surface area contributed by atoms with Gasteiger partial charge in [0.25, 0.3) is 0 Å². The maximum absolute atomic E-state index is 13.3. The monoisotopic (exact) mass is 608 g/mol. The fraction of sp³-hybridized carbons (Fsp3) is 0.529. The van der Waals surface area contributed by atoms with Crippen LogP contribution in [0.15, 0.2) is 30.3 Å². The number of nitrogens with zero attached hydrogens (tertiary/aromatic N) is 1. The van der Waals surface area contributed by atoms with Crippen molar-refractivity contribution in [1.82, 2.24) is 9.88 Å². The first-order valence-electron chi connectivity index (χ1n) is 15.4. The molecule has 3 aromatic rings. The largest absolute Gasteiger partial charge is 0.497 e. The van der Waals surface area contributed by atoms with Crippen molar-refractivity contribution < 1.29 is 38.0 Å². The molecule has 10 heteroatoms. The minimum atomic E-state index is -0.494. The molecule has 6 rings (SSSR count). The summed E-state index contributed by atoms with van der Waals surface area (Å²) in [6.07, 6.45) is 2.49. The number of piperidine rings is 1. The van der Waals surface area contributed by atoms with Crippen molar-refractivity contribution in [1.29, 1.82) is 0 Å². The molecule has 238 valence electrons. The molecule has 5 unspecified atom stereocenters. The van der Waals surface area contributed by atoms with E-state index in [1.807, 2.05) is 19.9 Å². The van der Waals surface area contributed by atoms with Crippen molar-refractivity contribution in [2.24, 2.45) is 17.8 Å². The van der Waals surface area contributed by atoms with Gasteiger partial charge in [-0.25, -0.2) is 4.79 Å². The van der Waals surface area contributed by atoms with Crippen LogP contribution in [0.2, 0.25) is 0 Å². The molecule has 1 aromatic heterocycles. The number of hydrogen-bond donors (Lipinski definition) is 1. The number of ether oxygens (including phenoxy) is 6. The number of esters is 2. The van der Waals surface area contributed by atoms with Crippen molar-refractivity contribution in [3.05, 3.63) is 47.2 Å². The molecular formula is C34H44N2O8. The van der Waals surface area contributed by atoms with Crippen molar-refractivity contribution in [3.8, 4) is 23.0 Å². The number of methoxy groups -OCH3 is 5. The first-order valence-corrected chi connectivity index (χ1v) is 15.4. The molecule has 10 nitrogen and oxygen atoms in total. The number of hydrogen-bond acceptors (Lipinski definition) is 9. The zero-order valence-electron chi connectivity index (χ0n) is 26.7. The fourth-order valence-corrected chi connectivity index (χ4v) is 7.47. The SMILES string of the molecule is CC.COC(=O)C1CC(OC(=O)c2cc(OC)c(OC)c(OC)c2)CC2CN3CCc4c([nH]c5cc(OC)ccc45)C3CC21. The minimum absolute atomic E-state index is 0.127. The van der Waals surface area contributed by atoms with E-state index in [1.54, 1.807) is 19.2 Å². The summed E-state index contributed by atoms with van der Waals surface area (Å²) < 4.78 is 33.0. The highest BCUT2D eigenvalue weighted by Crippen LogP contribution is 2.50. The number of carbonyl (C=O) groups is 2. The van der Waals surface area contributed by atoms with E-state index in [1.165, 1.54) is 45.1 Å². The van der Waals surface area contributed by atoms with Gasteiger partial charge in [0.15, 0.2) is 11.5 Å². The van der Waals surface area contributed by atoms with Gasteiger partial charge in [-0.2, -0.15) is 0 Å². The lowest BCUT2D eigenvalue weighted by Crippen LogP contribution is -2.52. The van der Waals surface area contributed by atoms with Gasteiger partial charge >= 0.3 is 11.9 Å². The third-order valence-electron chi connectivity index (χ3n) is 9.42. The van der Waals surface area contributed by atoms with Crippen LogP contribution in [0.4, 0.5) is 0 Å². The lowest BCUT2D eigenvalue weighted by atomic mass is 9.65. The number of H-pyrrole nitrogens is 1. The highest BCUT2D eigenvalue weighted by Gasteiger charge is 2.49. The zero-order chi connectivity index (χ0) is 31.5. The summed E-state index contributed by atoms with van der Waals surface area (Å²) in [5.74, 6) is 1.20. The van der Waals surface area contributed by atoms with E-state index in [9.17, 15) is 9.59 Å². The van der Waals surface area contributed by atoms with E-state index in [2.05, 4.69) is 22.0 Å². The molecule has 1 saturated carbocycles. The van der Waals surface area contributed by atoms with Crippen LogP contribution in [0, 0.1) is 17.8 Å². The van der Waals surface area contributed by atoms with Gasteiger partial charge in [0.05, 0.1) is 53.1 Å². The van der Waals surface area contributed by atoms with Crippen molar-refractivity contribution in [3.63, 3.8) is 0 Å². The predicted molar refractivity (Wildman–Crippen MR) is 166 cm³/mol. The number of carbonyl (C=O) groups excluding carboxylic acids is 2. The first-order chi connectivity index (χ1) is 21.4. The third-order valence-corrected chi connectivity index (χ3v) is 9.42. The molecule has 3 aliphatic rings. The molecule has 44 heavy (non-hydrogen) atoms. The molecule has 0 bridgehead atoms. The molecule has 2 aromatic carbocycles. The van der Waals surface area contributed by atoms with Gasteiger partial charge in [-0.1, -0.05) is 13.8 Å². The van der Waals surface area contributed by atoms with Crippen LogP contribution in [-0.4, -0.2) is 76.6 Å². The lowest BCUT2D eigenvalue weighted by molar-refractivity contribution is -0.155. The van der Waals surface area contributed by atoms with Crippen LogP contribution < -0.4 is 18.9 Å². The summed E-state index contributed by atoms with van der Waals surface area (Å²) in [5.41, 5.74) is 3.97. The molecule has 0 amide bonds. The van der Waals surface area contributed by atoms with Gasteiger partial charge in [-0.3, -0.25) is 9.69 Å². The standard InChI is InChI=1S/C32H38N2O8.C2H6/c1-37-19-6-7-21-22-8-9-34-16-18-10-20(42-31(35)17-11-27(38-2)30(40-4)28(12-17)39-3)13-24(32(36)41-5)23(18)15-26(34)29(22)33-25(21)14-19;1-2/h6-7,11-12,14,18,20,23-24,26,33H,8-10,13,15-16H2,1-5H3;1-2H3. The Kier molecular flexibility index (Phi) is 9.58. The van der Waals surface area contributed by atoms with Gasteiger partial charge in [0, 0.05) is 35.8 Å². The molecule has 2 fully saturated rings. The van der Waals surface area contributed by atoms with Crippen LogP contribution in [0.1, 0.15) is 60.8 Å². The van der Waals surface area contributed by atoms with Crippen molar-refractivity contribution >= 4 is 22.8 Å². The van der Waals surface area contributed by atoms with E-state index in [0.29, 0.717) is 35.7 Å². The number of aromatic nitrogens is 1. The quantitative estimate of drug-likeness (QED) is 0.344. The van der Waals surface area contributed by atoms with Crippen LogP contribution >= 0.6 is 0 Å². The predicted octanol–water partition coefficient (Wildman–Crippen LogP) is 5.57. The number of benzene rings is 2. The average Bonchev–Trinajstić information content (AvgIpc) is 3.45. The highest BCUT2D eigenvalue weighted by molar-refractivity contribution is 5.91. The number of fused-ring (bicyclic) bond motifs is 6. The maximum Gasteiger partial charge on any atom is 0.338 e. The minimum Gasteiger partial charge on any atom is -0.497 e. The molecule has 5 atom stereocenters. The summed E-state index contributed by atoms with van der Waals surface area (Å²) >= 11 is 0. The Hall–Kier alpha value is -3.92. The Morgan fingerprint density at radius 2 is 1.61 bits per heavy atom. The van der Waals surface area contributed by atoms with E-state index in [0.717, 1.165) is 37.2 Å². The van der Waals surface area contributed by atoms with Crippen LogP contribution in [0.3, 0.4) is 0 Å². The Balaban J connectivity index is 0.00000188. The number of rotatable bonds is 7. The molecule has 1 N–H and O–H groups in total. The second-order valence-electron chi connectivity index (χ2n) is 11.4. The molecule has 2 aliphatic heterocycles. The lowest BCUT2D eigenvalue weighted by Gasteiger charge is -2.51. The Morgan fingerprint density at radius 1 is 0.886 bits per heavy atom. The second-order valence-corrected chi connectivity index (χ2v) is 11.4. The number of aromatic amines is 1. The summed E-state index contributed by atoms with van der Waals surface area (Å²) in [6.45, 7) is 5.78. The first kappa shape index (κ1) is 31.5. The summed E-state index contributed by atoms with van der Waals surface area (Å²) in [6, 6.07) is 9.55. The van der Waals surface area contributed by atoms with Gasteiger partial charge in [0.2, 0.25) is 5.75 Å². The van der Waals surface area contributed by atoms with E-state index >= 15 is 0 Å². The van der Waals surface area contributed by atoms with E-state index in [4.69, 9.17) is 28.4 Å². The van der Waals surface area contributed by atoms with Gasteiger partial charge in [0.1, 0.15) is 11.9 Å². The van der Waals surface area contributed by atoms with Crippen LogP contribution in [0.25, 0.3) is 10.9 Å². The van der Waals surface area contributed by atoms with E-state index < -0.39 is 12.1 Å². The van der Waals surface area contributed by atoms with Crippen molar-refractivity contribution in [2.75, 3.05) is 48.6 Å². The average molecular weight is 609 g/mol. The smallest absolute Gasteiger partial charge is 0.338 e. The van der Waals surface area contributed by atoms with Crippen LogP contribution in [0.5, 0.6) is 23.0 Å². The fourth-order valence-electron chi connectivity index (χ4n) is 7.47. The van der Waals surface area contributed by atoms with Crippen molar-refractivity contribution in [2.45, 2.75) is 51.7 Å². The van der Waals surface area contributed by atoms with Gasteiger partial charge in [-0.15, -0.1) is 0 Å². The molecule has 0 spiro atoms. The highest BCUT2D eigenvalue weighted by atomic mass is 16.5. The van der Waals surface area contributed by atoms with Gasteiger partial charge in [-0.05, 0) is 67.3 Å². The second kappa shape index (κ2) is 13.4. The summed E-state index contributed by atoms with van der Waals surface area (Å²) in [7, 11) is 7.62. The Morgan fingerprint density at radius 3 is 2.25 bits per heavy atom. The maximum atomic E-state index is 13.3. The zero-order valence-corrected chi connectivity index (χ0v) is 26.7. The van der Waals surface area contributed by atoms with E-state index in [-0.39, 0.29) is 29.8 Å². The molecule has 1 aliphatic carbocycles. The molecular weight excluding hydrogens is 564 g/mol. The van der Waals surface area contributed by atoms with Gasteiger partial charge < -0.3 is 33.4 Å².